The molecule has 11 aromatic rings. The average Bonchev–Trinajstić information content (AvgIpc) is 4.05. The normalized spacial score (nSPS) is 14.0. The first-order valence-electron chi connectivity index (χ1n) is 26.3. The number of rotatable bonds is 6. The molecule has 0 saturated heterocycles. The van der Waals surface area contributed by atoms with Crippen LogP contribution >= 0.6 is 11.3 Å². The van der Waals surface area contributed by atoms with Crippen LogP contribution in [0.4, 0.5) is 34.1 Å². The maximum atomic E-state index is 2.68. The average molecular weight is 972 g/mol. The van der Waals surface area contributed by atoms with Crippen molar-refractivity contribution < 1.29 is 0 Å². The second-order valence-corrected chi connectivity index (χ2v) is 26.7. The summed E-state index contributed by atoms with van der Waals surface area (Å²) in [4.78, 5) is 4.96. The van der Waals surface area contributed by atoms with Crippen LogP contribution < -0.4 is 9.80 Å². The topological polar surface area (TPSA) is 10.9 Å². The van der Waals surface area contributed by atoms with Gasteiger partial charge in [0.25, 0.3) is 0 Å². The van der Waals surface area contributed by atoms with Crippen LogP contribution in [0.15, 0.2) is 164 Å². The van der Waals surface area contributed by atoms with Crippen molar-refractivity contribution in [3.8, 4) is 11.3 Å². The number of hydrogen-bond acceptors (Lipinski definition) is 3. The van der Waals surface area contributed by atoms with Crippen LogP contribution in [0.1, 0.15) is 130 Å². The SMILES string of the molecule is CC(C)(C)c1ccc(N(c2ccc(C(C)(C)C)cc2)c2ccc3cc4sc5c6ccc(N(c7ccc(C(C)(C)C)cc7)c7ccc(C(C)(C)C)cc7)c7c8c(n(c76)c5c4cc3c2)-c2ccccc2C8(C)C)cc1. The zero-order valence-corrected chi connectivity index (χ0v) is 46.2. The summed E-state index contributed by atoms with van der Waals surface area (Å²) in [5.74, 6) is 0. The van der Waals surface area contributed by atoms with Gasteiger partial charge in [0, 0.05) is 60.3 Å². The minimum absolute atomic E-state index is 0.0441. The number of anilines is 6. The Balaban J connectivity index is 1.11. The molecule has 73 heavy (non-hydrogen) atoms. The molecule has 0 bridgehead atoms. The van der Waals surface area contributed by atoms with Gasteiger partial charge in [0.15, 0.2) is 0 Å². The van der Waals surface area contributed by atoms with E-state index < -0.39 is 0 Å². The van der Waals surface area contributed by atoms with Gasteiger partial charge < -0.3 is 14.2 Å². The molecule has 8 aromatic carbocycles. The Kier molecular flexibility index (Phi) is 10.4. The number of thiophene rings is 1. The quantitative estimate of drug-likeness (QED) is 0.164. The molecule has 12 rings (SSSR count). The maximum Gasteiger partial charge on any atom is 0.0728 e. The van der Waals surface area contributed by atoms with Gasteiger partial charge in [-0.15, -0.1) is 11.3 Å². The second kappa shape index (κ2) is 16.1. The van der Waals surface area contributed by atoms with E-state index >= 15 is 0 Å². The number of aromatic nitrogens is 1. The molecule has 0 radical (unpaired) electrons. The summed E-state index contributed by atoms with van der Waals surface area (Å²) in [6.07, 6.45) is 0. The maximum absolute atomic E-state index is 2.68. The number of fused-ring (bicyclic) bond motifs is 11. The van der Waals surface area contributed by atoms with E-state index in [9.17, 15) is 0 Å². The van der Waals surface area contributed by atoms with Crippen molar-refractivity contribution in [3.05, 3.63) is 197 Å². The largest absolute Gasteiger partial charge is 0.310 e. The summed E-state index contributed by atoms with van der Waals surface area (Å²) in [7, 11) is 0. The minimum Gasteiger partial charge on any atom is -0.310 e. The van der Waals surface area contributed by atoms with Gasteiger partial charge in [-0.2, -0.15) is 0 Å². The summed E-state index contributed by atoms with van der Waals surface area (Å²) in [6, 6.07) is 63.0. The highest BCUT2D eigenvalue weighted by molar-refractivity contribution is 7.26. The van der Waals surface area contributed by atoms with Crippen molar-refractivity contribution in [3.63, 3.8) is 0 Å². The lowest BCUT2D eigenvalue weighted by molar-refractivity contribution is 0.590. The Morgan fingerprint density at radius 2 is 0.890 bits per heavy atom. The van der Waals surface area contributed by atoms with Gasteiger partial charge in [0.2, 0.25) is 0 Å². The molecule has 0 saturated carbocycles. The molecule has 3 heterocycles. The van der Waals surface area contributed by atoms with Gasteiger partial charge in [-0.25, -0.2) is 0 Å². The number of hydrogen-bond donors (Lipinski definition) is 0. The Hall–Kier alpha value is -6.88. The van der Waals surface area contributed by atoms with Gasteiger partial charge in [0.1, 0.15) is 0 Å². The van der Waals surface area contributed by atoms with Crippen molar-refractivity contribution in [1.82, 2.24) is 4.40 Å². The van der Waals surface area contributed by atoms with Gasteiger partial charge in [0.05, 0.1) is 27.1 Å². The third kappa shape index (κ3) is 7.49. The molecule has 4 heteroatoms. The number of nitrogens with zero attached hydrogens (tertiary/aromatic N) is 3. The molecule has 0 atom stereocenters. The Labute approximate surface area is 437 Å². The van der Waals surface area contributed by atoms with Crippen LogP contribution in [0.5, 0.6) is 0 Å². The van der Waals surface area contributed by atoms with E-state index in [4.69, 9.17) is 0 Å². The lowest BCUT2D eigenvalue weighted by Crippen LogP contribution is -2.17. The van der Waals surface area contributed by atoms with Crippen LogP contribution in [-0.2, 0) is 27.1 Å². The van der Waals surface area contributed by atoms with E-state index in [0.717, 1.165) is 28.4 Å². The fraction of sp³-hybridized carbons (Fsp3) is 0.275. The first-order chi connectivity index (χ1) is 34.5. The smallest absolute Gasteiger partial charge is 0.0728 e. The monoisotopic (exact) mass is 972 g/mol. The van der Waals surface area contributed by atoms with Crippen LogP contribution in [0.3, 0.4) is 0 Å². The highest BCUT2D eigenvalue weighted by atomic mass is 32.1. The molecule has 1 aliphatic rings. The van der Waals surface area contributed by atoms with E-state index in [0.29, 0.717) is 0 Å². The fourth-order valence-electron chi connectivity index (χ4n) is 11.9. The number of benzene rings is 8. The first kappa shape index (κ1) is 47.1. The van der Waals surface area contributed by atoms with Gasteiger partial charge in [-0.1, -0.05) is 176 Å². The van der Waals surface area contributed by atoms with Crippen LogP contribution in [-0.4, -0.2) is 4.40 Å². The van der Waals surface area contributed by atoms with Crippen LogP contribution in [0.2, 0.25) is 0 Å². The summed E-state index contributed by atoms with van der Waals surface area (Å²) in [5.41, 5.74) is 20.3. The van der Waals surface area contributed by atoms with E-state index in [2.05, 4.69) is 275 Å². The molecule has 0 fully saturated rings. The van der Waals surface area contributed by atoms with Gasteiger partial charge in [-0.3, -0.25) is 0 Å². The molecule has 0 spiro atoms. The second-order valence-electron chi connectivity index (χ2n) is 25.6. The third-order valence-corrected chi connectivity index (χ3v) is 17.3. The molecule has 3 aromatic heterocycles. The lowest BCUT2D eigenvalue weighted by Gasteiger charge is -2.30. The third-order valence-electron chi connectivity index (χ3n) is 16.1. The molecule has 0 unspecified atom stereocenters. The molecule has 3 nitrogen and oxygen atoms in total. The molecular weight excluding hydrogens is 903 g/mol. The van der Waals surface area contributed by atoms with Gasteiger partial charge in [-0.05, 0) is 151 Å². The summed E-state index contributed by atoms with van der Waals surface area (Å²) >= 11 is 1.94. The van der Waals surface area contributed by atoms with E-state index in [1.165, 1.54) is 97.7 Å². The Morgan fingerprint density at radius 3 is 1.38 bits per heavy atom. The van der Waals surface area contributed by atoms with E-state index in [1.807, 2.05) is 11.3 Å². The lowest BCUT2D eigenvalue weighted by atomic mass is 9.81. The highest BCUT2D eigenvalue weighted by Gasteiger charge is 2.43. The molecule has 0 aliphatic heterocycles. The summed E-state index contributed by atoms with van der Waals surface area (Å²) in [5, 5.41) is 6.43. The highest BCUT2D eigenvalue weighted by Crippen LogP contribution is 2.59. The first-order valence-corrected chi connectivity index (χ1v) is 27.2. The molecule has 1 aliphatic carbocycles. The Morgan fingerprint density at radius 1 is 0.425 bits per heavy atom. The molecule has 366 valence electrons. The van der Waals surface area contributed by atoms with Crippen LogP contribution in [0.25, 0.3) is 58.6 Å². The molecule has 0 N–H and O–H groups in total. The zero-order valence-electron chi connectivity index (χ0n) is 45.3. The summed E-state index contributed by atoms with van der Waals surface area (Å²) in [6.45, 7) is 32.4. The summed E-state index contributed by atoms with van der Waals surface area (Å²) < 4.78 is 5.34. The standard InChI is InChI=1S/C69H69N3S/c1-65(2,3)44-20-29-48(30-21-44)70(49-31-22-45(23-32-49)66(4,5)6)52-28-19-42-41-58-55(40-43(42)39-52)63-64(73-58)54-37-38-57(59-60-62(72(63)61(54)59)53-17-15-16-18-56(53)69(60,13)14)71(50-33-24-46(25-34-50)67(7,8)9)51-35-26-47(27-36-51)68(10,11)12/h15-41H,1-14H3. The Bertz CT molecular complexity index is 3810. The fourth-order valence-corrected chi connectivity index (χ4v) is 13.1. The molecular formula is C69H69N3S. The van der Waals surface area contributed by atoms with E-state index in [1.54, 1.807) is 0 Å². The van der Waals surface area contributed by atoms with Crippen molar-refractivity contribution in [2.24, 2.45) is 0 Å². The molecule has 0 amide bonds. The van der Waals surface area contributed by atoms with Crippen molar-refractivity contribution in [2.75, 3.05) is 9.80 Å². The zero-order chi connectivity index (χ0) is 51.3. The predicted molar refractivity (Wildman–Crippen MR) is 318 cm³/mol. The van der Waals surface area contributed by atoms with E-state index in [-0.39, 0.29) is 27.1 Å². The van der Waals surface area contributed by atoms with Crippen LogP contribution in [0, 0.1) is 0 Å². The predicted octanol–water partition coefficient (Wildman–Crippen LogP) is 20.5. The van der Waals surface area contributed by atoms with Crippen molar-refractivity contribution in [2.45, 2.75) is 124 Å². The van der Waals surface area contributed by atoms with Crippen molar-refractivity contribution >= 4 is 92.8 Å². The van der Waals surface area contributed by atoms with Crippen molar-refractivity contribution in [1.29, 1.82) is 0 Å². The minimum atomic E-state index is -0.245. The van der Waals surface area contributed by atoms with Gasteiger partial charge >= 0.3 is 0 Å².